The summed E-state index contributed by atoms with van der Waals surface area (Å²) in [5, 5.41) is 25.2. The third-order valence-electron chi connectivity index (χ3n) is 3.83. The van der Waals surface area contributed by atoms with Gasteiger partial charge in [0.1, 0.15) is 11.2 Å². The lowest BCUT2D eigenvalue weighted by atomic mass is 10.1. The Morgan fingerprint density at radius 1 is 1.04 bits per heavy atom. The summed E-state index contributed by atoms with van der Waals surface area (Å²) in [4.78, 5) is 15.5. The fraction of sp³-hybridized carbons (Fsp3) is 0.176. The minimum atomic E-state index is -0.990. The SMILES string of the molecule is CC(C)n1nnc2ccc(-c3nnc(-c4ccc(C(=O)O)cc4)o3)nc21. The number of nitrogens with zero attached hydrogens (tertiary/aromatic N) is 6. The molecule has 0 aliphatic carbocycles. The highest BCUT2D eigenvalue weighted by atomic mass is 16.4. The lowest BCUT2D eigenvalue weighted by molar-refractivity contribution is 0.0697. The predicted molar refractivity (Wildman–Crippen MR) is 91.4 cm³/mol. The van der Waals surface area contributed by atoms with Crippen LogP contribution < -0.4 is 0 Å². The Balaban J connectivity index is 1.70. The topological polar surface area (TPSA) is 120 Å². The highest BCUT2D eigenvalue weighted by molar-refractivity contribution is 5.88. The Morgan fingerprint density at radius 3 is 2.46 bits per heavy atom. The molecule has 0 spiro atoms. The lowest BCUT2D eigenvalue weighted by Gasteiger charge is -2.04. The van der Waals surface area contributed by atoms with E-state index in [1.54, 1.807) is 28.9 Å². The van der Waals surface area contributed by atoms with E-state index < -0.39 is 5.97 Å². The first kappa shape index (κ1) is 15.9. The van der Waals surface area contributed by atoms with E-state index in [-0.39, 0.29) is 23.4 Å². The molecule has 9 heteroatoms. The molecule has 4 rings (SSSR count). The van der Waals surface area contributed by atoms with Gasteiger partial charge in [0.2, 0.25) is 5.89 Å². The van der Waals surface area contributed by atoms with Gasteiger partial charge in [-0.25, -0.2) is 14.5 Å². The van der Waals surface area contributed by atoms with Gasteiger partial charge in [-0.1, -0.05) is 5.21 Å². The zero-order valence-corrected chi connectivity index (χ0v) is 14.0. The van der Waals surface area contributed by atoms with Gasteiger partial charge in [0.15, 0.2) is 5.65 Å². The second-order valence-electron chi connectivity index (χ2n) is 5.96. The summed E-state index contributed by atoms with van der Waals surface area (Å²) in [6.07, 6.45) is 0. The van der Waals surface area contributed by atoms with Gasteiger partial charge in [0.25, 0.3) is 5.89 Å². The molecular weight excluding hydrogens is 336 g/mol. The van der Waals surface area contributed by atoms with Crippen LogP contribution in [0.2, 0.25) is 0 Å². The zero-order valence-electron chi connectivity index (χ0n) is 14.0. The average Bonchev–Trinajstić information content (AvgIpc) is 3.28. The van der Waals surface area contributed by atoms with Gasteiger partial charge < -0.3 is 9.52 Å². The summed E-state index contributed by atoms with van der Waals surface area (Å²) in [6, 6.07) is 9.87. The Bertz CT molecular complexity index is 1100. The van der Waals surface area contributed by atoms with E-state index in [0.29, 0.717) is 22.4 Å². The van der Waals surface area contributed by atoms with Crippen LogP contribution in [0.1, 0.15) is 30.2 Å². The van der Waals surface area contributed by atoms with Crippen LogP contribution in [0.25, 0.3) is 34.2 Å². The van der Waals surface area contributed by atoms with E-state index in [0.717, 1.165) is 0 Å². The van der Waals surface area contributed by atoms with Crippen molar-refractivity contribution in [1.29, 1.82) is 0 Å². The second kappa shape index (κ2) is 6.03. The predicted octanol–water partition coefficient (Wildman–Crippen LogP) is 2.82. The van der Waals surface area contributed by atoms with E-state index in [1.165, 1.54) is 12.1 Å². The molecule has 0 radical (unpaired) electrons. The van der Waals surface area contributed by atoms with Crippen molar-refractivity contribution in [1.82, 2.24) is 30.2 Å². The molecule has 3 heterocycles. The number of aromatic carboxylic acids is 1. The molecule has 0 bridgehead atoms. The minimum absolute atomic E-state index is 0.119. The number of carboxylic acids is 1. The first-order chi connectivity index (χ1) is 12.5. The summed E-state index contributed by atoms with van der Waals surface area (Å²) < 4.78 is 7.42. The Hall–Kier alpha value is -3.62. The molecule has 4 aromatic rings. The molecule has 3 aromatic heterocycles. The van der Waals surface area contributed by atoms with Gasteiger partial charge in [-0.3, -0.25) is 0 Å². The van der Waals surface area contributed by atoms with Crippen LogP contribution in [0.3, 0.4) is 0 Å². The molecule has 130 valence electrons. The van der Waals surface area contributed by atoms with Crippen molar-refractivity contribution in [3.63, 3.8) is 0 Å². The monoisotopic (exact) mass is 350 g/mol. The van der Waals surface area contributed by atoms with Crippen LogP contribution in [0.5, 0.6) is 0 Å². The molecule has 9 nitrogen and oxygen atoms in total. The van der Waals surface area contributed by atoms with Gasteiger partial charge in [0.05, 0.1) is 11.6 Å². The summed E-state index contributed by atoms with van der Waals surface area (Å²) >= 11 is 0. The van der Waals surface area contributed by atoms with Crippen LogP contribution in [-0.2, 0) is 0 Å². The standard InChI is InChI=1S/C17H14N6O3/c1-9(2)23-14-12(19-22-23)7-8-13(18-14)16-21-20-15(26-16)10-3-5-11(6-4-10)17(24)25/h3-9H,1-2H3,(H,24,25). The third-order valence-corrected chi connectivity index (χ3v) is 3.83. The van der Waals surface area contributed by atoms with Crippen molar-refractivity contribution in [2.45, 2.75) is 19.9 Å². The van der Waals surface area contributed by atoms with Crippen molar-refractivity contribution in [2.24, 2.45) is 0 Å². The van der Waals surface area contributed by atoms with E-state index >= 15 is 0 Å². The highest BCUT2D eigenvalue weighted by Crippen LogP contribution is 2.24. The van der Waals surface area contributed by atoms with Gasteiger partial charge in [-0.15, -0.1) is 15.3 Å². The third kappa shape index (κ3) is 2.69. The fourth-order valence-corrected chi connectivity index (χ4v) is 2.49. The number of carbonyl (C=O) groups is 1. The number of hydrogen-bond donors (Lipinski definition) is 1. The van der Waals surface area contributed by atoms with Crippen molar-refractivity contribution < 1.29 is 14.3 Å². The molecule has 0 unspecified atom stereocenters. The smallest absolute Gasteiger partial charge is 0.335 e. The summed E-state index contributed by atoms with van der Waals surface area (Å²) in [5.74, 6) is -0.439. The zero-order chi connectivity index (χ0) is 18.3. The highest BCUT2D eigenvalue weighted by Gasteiger charge is 2.15. The van der Waals surface area contributed by atoms with Crippen LogP contribution in [0.4, 0.5) is 0 Å². The number of pyridine rings is 1. The molecule has 0 fully saturated rings. The summed E-state index contributed by atoms with van der Waals surface area (Å²) in [5.41, 5.74) is 2.66. The maximum Gasteiger partial charge on any atom is 0.335 e. The van der Waals surface area contributed by atoms with Gasteiger partial charge in [-0.05, 0) is 50.2 Å². The number of carboxylic acid groups (broad SMARTS) is 1. The van der Waals surface area contributed by atoms with Crippen molar-refractivity contribution in [2.75, 3.05) is 0 Å². The quantitative estimate of drug-likeness (QED) is 0.596. The second-order valence-corrected chi connectivity index (χ2v) is 5.96. The largest absolute Gasteiger partial charge is 0.478 e. The minimum Gasteiger partial charge on any atom is -0.478 e. The normalized spacial score (nSPS) is 11.3. The Kier molecular flexibility index (Phi) is 3.68. The van der Waals surface area contributed by atoms with Crippen LogP contribution in [0, 0.1) is 0 Å². The Labute approximate surface area is 147 Å². The molecule has 0 atom stereocenters. The van der Waals surface area contributed by atoms with E-state index in [1.807, 2.05) is 13.8 Å². The molecule has 0 saturated heterocycles. The van der Waals surface area contributed by atoms with Crippen LogP contribution in [0.15, 0.2) is 40.8 Å². The lowest BCUT2D eigenvalue weighted by Crippen LogP contribution is -2.04. The first-order valence-corrected chi connectivity index (χ1v) is 7.92. The molecule has 0 saturated carbocycles. The summed E-state index contributed by atoms with van der Waals surface area (Å²) in [6.45, 7) is 3.99. The number of aromatic nitrogens is 6. The maximum atomic E-state index is 10.9. The van der Waals surface area contributed by atoms with Crippen LogP contribution >= 0.6 is 0 Å². The van der Waals surface area contributed by atoms with Gasteiger partial charge in [-0.2, -0.15) is 0 Å². The molecular formula is C17H14N6O3. The fourth-order valence-electron chi connectivity index (χ4n) is 2.49. The summed E-state index contributed by atoms with van der Waals surface area (Å²) in [7, 11) is 0. The average molecular weight is 350 g/mol. The maximum absolute atomic E-state index is 10.9. The van der Waals surface area contributed by atoms with Crippen molar-refractivity contribution in [3.8, 4) is 23.0 Å². The van der Waals surface area contributed by atoms with Crippen molar-refractivity contribution in [3.05, 3.63) is 42.0 Å². The molecule has 0 amide bonds. The first-order valence-electron chi connectivity index (χ1n) is 7.92. The number of hydrogen-bond acceptors (Lipinski definition) is 7. The van der Waals surface area contributed by atoms with Crippen molar-refractivity contribution >= 4 is 17.1 Å². The van der Waals surface area contributed by atoms with Gasteiger partial charge in [0, 0.05) is 5.56 Å². The van der Waals surface area contributed by atoms with E-state index in [2.05, 4.69) is 25.5 Å². The Morgan fingerprint density at radius 2 is 1.77 bits per heavy atom. The van der Waals surface area contributed by atoms with E-state index in [4.69, 9.17) is 9.52 Å². The molecule has 0 aliphatic rings. The molecule has 1 aromatic carbocycles. The van der Waals surface area contributed by atoms with Crippen LogP contribution in [-0.4, -0.2) is 41.3 Å². The number of benzene rings is 1. The molecule has 1 N–H and O–H groups in total. The molecule has 0 aliphatic heterocycles. The number of fused-ring (bicyclic) bond motifs is 1. The van der Waals surface area contributed by atoms with E-state index in [9.17, 15) is 4.79 Å². The molecule has 26 heavy (non-hydrogen) atoms. The van der Waals surface area contributed by atoms with Gasteiger partial charge >= 0.3 is 5.97 Å². The number of rotatable bonds is 4.